The summed E-state index contributed by atoms with van der Waals surface area (Å²) in [5.74, 6) is 0.0645. The average molecular weight is 385 g/mol. The molecule has 9 nitrogen and oxygen atoms in total. The third kappa shape index (κ3) is 14.0. The van der Waals surface area contributed by atoms with Crippen molar-refractivity contribution in [1.29, 1.82) is 0 Å². The van der Waals surface area contributed by atoms with E-state index in [0.29, 0.717) is 18.9 Å². The van der Waals surface area contributed by atoms with Crippen molar-refractivity contribution in [2.45, 2.75) is 33.1 Å². The monoisotopic (exact) mass is 385 g/mol. The van der Waals surface area contributed by atoms with Crippen LogP contribution in [0.1, 0.15) is 33.1 Å². The number of nitrogens with one attached hydrogen (secondary N) is 2. The lowest BCUT2D eigenvalue weighted by molar-refractivity contribution is -0.123. The first kappa shape index (κ1) is 23.6. The molecule has 0 saturated heterocycles. The van der Waals surface area contributed by atoms with Crippen molar-refractivity contribution in [2.24, 2.45) is 5.92 Å². The summed E-state index contributed by atoms with van der Waals surface area (Å²) in [6, 6.07) is 0. The van der Waals surface area contributed by atoms with Crippen LogP contribution in [0, 0.1) is 5.92 Å². The first-order chi connectivity index (χ1) is 11.2. The summed E-state index contributed by atoms with van der Waals surface area (Å²) in [5, 5.41) is 5.30. The third-order valence-electron chi connectivity index (χ3n) is 3.35. The van der Waals surface area contributed by atoms with Crippen LogP contribution in [0.3, 0.4) is 0 Å². The van der Waals surface area contributed by atoms with Crippen LogP contribution in [0.4, 0.5) is 0 Å². The molecule has 0 aromatic rings. The molecule has 11 heteroatoms. The number of rotatable bonds is 13. The molecule has 0 aliphatic rings. The van der Waals surface area contributed by atoms with E-state index in [1.807, 2.05) is 0 Å². The molecule has 6 N–H and O–H groups in total. The van der Waals surface area contributed by atoms with Crippen molar-refractivity contribution < 1.29 is 29.2 Å². The summed E-state index contributed by atoms with van der Waals surface area (Å²) >= 11 is 0. The molecule has 0 aliphatic carbocycles. The zero-order valence-corrected chi connectivity index (χ0v) is 16.0. The lowest BCUT2D eigenvalue weighted by atomic mass is 10.0. The Morgan fingerprint density at radius 2 is 1.50 bits per heavy atom. The molecule has 0 heterocycles. The van der Waals surface area contributed by atoms with Gasteiger partial charge < -0.3 is 30.2 Å². The molecule has 0 rings (SSSR count). The maximum atomic E-state index is 11.7. The topological polar surface area (TPSA) is 142 Å². The van der Waals surface area contributed by atoms with Crippen LogP contribution >= 0.6 is 16.8 Å². The van der Waals surface area contributed by atoms with Gasteiger partial charge in [-0.25, -0.2) is 0 Å². The molecular weight excluding hydrogens is 356 g/mol. The Morgan fingerprint density at radius 1 is 1.00 bits per heavy atom. The zero-order chi connectivity index (χ0) is 18.5. The first-order valence-corrected chi connectivity index (χ1v) is 10.7. The van der Waals surface area contributed by atoms with Gasteiger partial charge in [0.2, 0.25) is 11.8 Å². The standard InChI is InChI=1S/C13H29N3O6P2/c1-3-11(2)4-5-12(17)14-6-7-15-13(18)8-16(9-23(19)20)10-24(21)22/h11,19-22H,3-10H2,1-2H3,(H,14,17)(H,15,18). The quantitative estimate of drug-likeness (QED) is 0.191. The van der Waals surface area contributed by atoms with Crippen molar-refractivity contribution in [3.05, 3.63) is 0 Å². The van der Waals surface area contributed by atoms with Gasteiger partial charge in [-0.05, 0) is 12.3 Å². The van der Waals surface area contributed by atoms with Crippen molar-refractivity contribution in [2.75, 3.05) is 32.2 Å². The van der Waals surface area contributed by atoms with Crippen LogP contribution in [0.2, 0.25) is 0 Å². The van der Waals surface area contributed by atoms with Crippen LogP contribution in [0.25, 0.3) is 0 Å². The van der Waals surface area contributed by atoms with Crippen LogP contribution in [-0.4, -0.2) is 68.5 Å². The van der Waals surface area contributed by atoms with Crippen LogP contribution in [0.15, 0.2) is 0 Å². The van der Waals surface area contributed by atoms with E-state index in [-0.39, 0.29) is 31.6 Å². The molecule has 142 valence electrons. The van der Waals surface area contributed by atoms with E-state index in [0.717, 1.165) is 12.8 Å². The van der Waals surface area contributed by atoms with Crippen molar-refractivity contribution >= 4 is 28.6 Å². The van der Waals surface area contributed by atoms with Gasteiger partial charge in [-0.2, -0.15) is 0 Å². The van der Waals surface area contributed by atoms with Crippen LogP contribution in [0.5, 0.6) is 0 Å². The fraction of sp³-hybridized carbons (Fsp3) is 0.846. The third-order valence-corrected chi connectivity index (χ3v) is 4.66. The number of carbonyl (C=O) groups is 2. The Kier molecular flexibility index (Phi) is 13.6. The second-order valence-electron chi connectivity index (χ2n) is 5.61. The molecule has 0 bridgehead atoms. The first-order valence-electron chi connectivity index (χ1n) is 7.80. The van der Waals surface area contributed by atoms with E-state index in [1.165, 1.54) is 4.90 Å². The summed E-state index contributed by atoms with van der Waals surface area (Å²) in [6.45, 7) is 4.55. The van der Waals surface area contributed by atoms with Gasteiger partial charge in [0.25, 0.3) is 0 Å². The Hall–Kier alpha value is -0.400. The molecule has 0 aliphatic heterocycles. The molecule has 0 saturated carbocycles. The smallest absolute Gasteiger partial charge is 0.234 e. The highest BCUT2D eigenvalue weighted by molar-refractivity contribution is 7.46. The van der Waals surface area contributed by atoms with Crippen LogP contribution in [-0.2, 0) is 9.59 Å². The second-order valence-corrected chi connectivity index (χ2v) is 7.66. The fourth-order valence-electron chi connectivity index (χ4n) is 1.84. The molecule has 0 spiro atoms. The van der Waals surface area contributed by atoms with E-state index >= 15 is 0 Å². The maximum absolute atomic E-state index is 11.7. The van der Waals surface area contributed by atoms with Gasteiger partial charge in [-0.15, -0.1) is 0 Å². The normalized spacial score (nSPS) is 12.7. The van der Waals surface area contributed by atoms with Crippen molar-refractivity contribution in [3.8, 4) is 0 Å². The lowest BCUT2D eigenvalue weighted by Crippen LogP contribution is -2.40. The minimum absolute atomic E-state index is 0.0522. The average Bonchev–Trinajstić information content (AvgIpc) is 2.47. The molecule has 0 radical (unpaired) electrons. The fourth-order valence-corrected chi connectivity index (χ4v) is 3.11. The van der Waals surface area contributed by atoms with Crippen LogP contribution < -0.4 is 10.6 Å². The summed E-state index contributed by atoms with van der Waals surface area (Å²) in [5.41, 5.74) is 0. The zero-order valence-electron chi connectivity index (χ0n) is 14.2. The van der Waals surface area contributed by atoms with Crippen molar-refractivity contribution in [1.82, 2.24) is 15.5 Å². The molecule has 1 atom stereocenters. The molecule has 1 unspecified atom stereocenters. The minimum atomic E-state index is -2.26. The number of hydrogen-bond donors (Lipinski definition) is 6. The molecule has 2 amide bonds. The summed E-state index contributed by atoms with van der Waals surface area (Å²) in [6.07, 6.45) is 1.93. The van der Waals surface area contributed by atoms with E-state index in [1.54, 1.807) is 0 Å². The minimum Gasteiger partial charge on any atom is -0.354 e. The number of amides is 2. The SMILES string of the molecule is CCC(C)CCC(=O)NCCNC(=O)CN(CP(O)O)CP(O)O. The van der Waals surface area contributed by atoms with Gasteiger partial charge in [0, 0.05) is 19.5 Å². The predicted molar refractivity (Wildman–Crippen MR) is 93.9 cm³/mol. The summed E-state index contributed by atoms with van der Waals surface area (Å²) < 4.78 is 0. The second kappa shape index (κ2) is 13.8. The van der Waals surface area contributed by atoms with E-state index in [9.17, 15) is 9.59 Å². The van der Waals surface area contributed by atoms with Gasteiger partial charge in [0.15, 0.2) is 16.8 Å². The van der Waals surface area contributed by atoms with Crippen molar-refractivity contribution in [3.63, 3.8) is 0 Å². The largest absolute Gasteiger partial charge is 0.354 e. The highest BCUT2D eigenvalue weighted by Crippen LogP contribution is 2.29. The molecule has 0 aromatic carbocycles. The molecule has 24 heavy (non-hydrogen) atoms. The van der Waals surface area contributed by atoms with Gasteiger partial charge in [0.05, 0.1) is 19.1 Å². The van der Waals surface area contributed by atoms with Gasteiger partial charge in [-0.1, -0.05) is 20.3 Å². The highest BCUT2D eigenvalue weighted by atomic mass is 31.2. The highest BCUT2D eigenvalue weighted by Gasteiger charge is 2.17. The Morgan fingerprint density at radius 3 is 1.96 bits per heavy atom. The number of nitrogens with zero attached hydrogens (tertiary/aromatic N) is 1. The summed E-state index contributed by atoms with van der Waals surface area (Å²) in [4.78, 5) is 60.5. The Bertz CT molecular complexity index is 364. The van der Waals surface area contributed by atoms with Gasteiger partial charge in [-0.3, -0.25) is 14.5 Å². The lowest BCUT2D eigenvalue weighted by Gasteiger charge is -2.22. The number of carbonyl (C=O) groups excluding carboxylic acids is 2. The number of hydrogen-bond acceptors (Lipinski definition) is 7. The van der Waals surface area contributed by atoms with E-state index in [2.05, 4.69) is 24.5 Å². The van der Waals surface area contributed by atoms with E-state index in [4.69, 9.17) is 19.6 Å². The predicted octanol–water partition coefficient (Wildman–Crippen LogP) is -0.145. The molecule has 0 fully saturated rings. The Balaban J connectivity index is 3.92. The Labute approximate surface area is 145 Å². The molecule has 0 aromatic heterocycles. The van der Waals surface area contributed by atoms with Gasteiger partial charge >= 0.3 is 0 Å². The summed E-state index contributed by atoms with van der Waals surface area (Å²) in [7, 11) is -4.52. The maximum Gasteiger partial charge on any atom is 0.234 e. The molecular formula is C13H29N3O6P2. The van der Waals surface area contributed by atoms with E-state index < -0.39 is 22.7 Å². The van der Waals surface area contributed by atoms with Gasteiger partial charge in [0.1, 0.15) is 0 Å².